The van der Waals surface area contributed by atoms with Crippen molar-refractivity contribution < 1.29 is 15.0 Å². The fourth-order valence-corrected chi connectivity index (χ4v) is 9.08. The van der Waals surface area contributed by atoms with Crippen LogP contribution in [0, 0.1) is 46.3 Å². The molecule has 4 aliphatic rings. The number of hydrogen-bond donors (Lipinski definition) is 2. The van der Waals surface area contributed by atoms with Crippen LogP contribution in [0.15, 0.2) is 0 Å². The molecule has 0 saturated heterocycles. The quantitative estimate of drug-likeness (QED) is 0.547. The van der Waals surface area contributed by atoms with Gasteiger partial charge in [-0.15, -0.1) is 0 Å². The zero-order valence-corrected chi connectivity index (χ0v) is 21.0. The fourth-order valence-electron chi connectivity index (χ4n) is 9.08. The highest BCUT2D eigenvalue weighted by Gasteiger charge is 2.63. The first-order valence-corrected chi connectivity index (χ1v) is 13.3. The Morgan fingerprint density at radius 3 is 2.39 bits per heavy atom. The number of fused-ring (bicyclic) bond motifs is 5. The minimum atomic E-state index is -0.588. The van der Waals surface area contributed by atoms with Gasteiger partial charge in [0, 0.05) is 12.3 Å². The van der Waals surface area contributed by atoms with Crippen LogP contribution >= 0.6 is 0 Å². The van der Waals surface area contributed by atoms with Crippen molar-refractivity contribution in [2.45, 2.75) is 123 Å². The van der Waals surface area contributed by atoms with Crippen molar-refractivity contribution in [3.63, 3.8) is 0 Å². The molecule has 4 fully saturated rings. The standard InChI is InChI=1S/C28H48O3/c1-7-28(31)15-14-26(5)19(17-28)16-23(29)24-21-9-8-20(18(2)10-12-25(3,4)30)27(21,6)13-11-22(24)26/h18-22,24,30-31H,7-17H2,1-6H3/t18-,19+,20-,21+,22+,24+,26+,27-,28+/m1/s1. The van der Waals surface area contributed by atoms with Gasteiger partial charge in [-0.05, 0) is 118 Å². The van der Waals surface area contributed by atoms with Crippen LogP contribution in [0.25, 0.3) is 0 Å². The molecule has 0 aliphatic heterocycles. The van der Waals surface area contributed by atoms with Gasteiger partial charge in [0.2, 0.25) is 0 Å². The lowest BCUT2D eigenvalue weighted by Gasteiger charge is -2.61. The van der Waals surface area contributed by atoms with Gasteiger partial charge in [-0.1, -0.05) is 27.7 Å². The van der Waals surface area contributed by atoms with Crippen LogP contribution in [0.1, 0.15) is 112 Å². The largest absolute Gasteiger partial charge is 0.390 e. The monoisotopic (exact) mass is 432 g/mol. The van der Waals surface area contributed by atoms with Crippen molar-refractivity contribution in [1.82, 2.24) is 0 Å². The van der Waals surface area contributed by atoms with Crippen molar-refractivity contribution in [1.29, 1.82) is 0 Å². The summed E-state index contributed by atoms with van der Waals surface area (Å²) in [4.78, 5) is 13.6. The predicted molar refractivity (Wildman–Crippen MR) is 126 cm³/mol. The van der Waals surface area contributed by atoms with Gasteiger partial charge in [-0.25, -0.2) is 0 Å². The smallest absolute Gasteiger partial charge is 0.136 e. The summed E-state index contributed by atoms with van der Waals surface area (Å²) in [6.07, 6.45) is 11.2. The topological polar surface area (TPSA) is 57.5 Å². The Balaban J connectivity index is 1.54. The third kappa shape index (κ3) is 3.94. The number of hydrogen-bond acceptors (Lipinski definition) is 3. The summed E-state index contributed by atoms with van der Waals surface area (Å²) in [5.41, 5.74) is -0.631. The van der Waals surface area contributed by atoms with Crippen LogP contribution in [-0.4, -0.2) is 27.2 Å². The molecule has 0 aromatic heterocycles. The second-order valence-electron chi connectivity index (χ2n) is 13.5. The van der Waals surface area contributed by atoms with Crippen molar-refractivity contribution in [2.75, 3.05) is 0 Å². The maximum absolute atomic E-state index is 13.6. The van der Waals surface area contributed by atoms with Crippen LogP contribution in [-0.2, 0) is 4.79 Å². The minimum Gasteiger partial charge on any atom is -0.390 e. The maximum atomic E-state index is 13.6. The van der Waals surface area contributed by atoms with Crippen LogP contribution in [0.5, 0.6) is 0 Å². The molecular weight excluding hydrogens is 384 g/mol. The first-order chi connectivity index (χ1) is 14.3. The van der Waals surface area contributed by atoms with E-state index >= 15 is 0 Å². The molecule has 0 spiro atoms. The van der Waals surface area contributed by atoms with Crippen molar-refractivity contribution in [3.8, 4) is 0 Å². The predicted octanol–water partition coefficient (Wildman–Crippen LogP) is 6.15. The van der Waals surface area contributed by atoms with Gasteiger partial charge in [-0.3, -0.25) is 4.79 Å². The van der Waals surface area contributed by atoms with Gasteiger partial charge in [0.15, 0.2) is 0 Å². The summed E-state index contributed by atoms with van der Waals surface area (Å²) in [6, 6.07) is 0. The highest BCUT2D eigenvalue weighted by Crippen LogP contribution is 2.68. The van der Waals surface area contributed by atoms with E-state index < -0.39 is 11.2 Å². The maximum Gasteiger partial charge on any atom is 0.136 e. The first kappa shape index (κ1) is 23.7. The van der Waals surface area contributed by atoms with Gasteiger partial charge < -0.3 is 10.2 Å². The zero-order valence-electron chi connectivity index (χ0n) is 21.0. The molecule has 4 rings (SSSR count). The zero-order chi connectivity index (χ0) is 22.8. The van der Waals surface area contributed by atoms with Gasteiger partial charge >= 0.3 is 0 Å². The average Bonchev–Trinajstić information content (AvgIpc) is 3.04. The average molecular weight is 433 g/mol. The molecule has 2 N–H and O–H groups in total. The summed E-state index contributed by atoms with van der Waals surface area (Å²) >= 11 is 0. The van der Waals surface area contributed by atoms with E-state index in [1.54, 1.807) is 0 Å². The molecule has 4 aliphatic carbocycles. The van der Waals surface area contributed by atoms with Gasteiger partial charge in [0.05, 0.1) is 11.2 Å². The Bertz CT molecular complexity index is 695. The molecular formula is C28H48O3. The van der Waals surface area contributed by atoms with Gasteiger partial charge in [-0.2, -0.15) is 0 Å². The fraction of sp³-hybridized carbons (Fsp3) is 0.964. The Morgan fingerprint density at radius 2 is 1.74 bits per heavy atom. The molecule has 3 nitrogen and oxygen atoms in total. The summed E-state index contributed by atoms with van der Waals surface area (Å²) in [5, 5.41) is 21.2. The van der Waals surface area contributed by atoms with E-state index in [2.05, 4.69) is 27.7 Å². The molecule has 0 aromatic rings. The Hall–Kier alpha value is -0.410. The van der Waals surface area contributed by atoms with Crippen LogP contribution < -0.4 is 0 Å². The number of carbonyl (C=O) groups is 1. The van der Waals surface area contributed by atoms with Crippen molar-refractivity contribution >= 4 is 5.78 Å². The highest BCUT2D eigenvalue weighted by atomic mass is 16.3. The van der Waals surface area contributed by atoms with Crippen LogP contribution in [0.3, 0.4) is 0 Å². The lowest BCUT2D eigenvalue weighted by atomic mass is 9.43. The first-order valence-electron chi connectivity index (χ1n) is 13.3. The molecule has 0 bridgehead atoms. The third-order valence-corrected chi connectivity index (χ3v) is 11.3. The molecule has 0 aromatic carbocycles. The summed E-state index contributed by atoms with van der Waals surface area (Å²) in [7, 11) is 0. The van der Waals surface area contributed by atoms with Crippen molar-refractivity contribution in [3.05, 3.63) is 0 Å². The van der Waals surface area contributed by atoms with Gasteiger partial charge in [0.25, 0.3) is 0 Å². The molecule has 3 heteroatoms. The molecule has 4 saturated carbocycles. The van der Waals surface area contributed by atoms with E-state index in [1.807, 2.05) is 13.8 Å². The number of carbonyl (C=O) groups excluding carboxylic acids is 1. The normalized spacial score (nSPS) is 48.6. The minimum absolute atomic E-state index is 0.228. The number of rotatable bonds is 5. The van der Waals surface area contributed by atoms with Crippen molar-refractivity contribution in [2.24, 2.45) is 46.3 Å². The highest BCUT2D eigenvalue weighted by molar-refractivity contribution is 5.83. The Kier molecular flexibility index (Phi) is 5.99. The summed E-state index contributed by atoms with van der Waals surface area (Å²) in [5.74, 6) is 3.48. The third-order valence-electron chi connectivity index (χ3n) is 11.3. The Morgan fingerprint density at radius 1 is 1.06 bits per heavy atom. The second kappa shape index (κ2) is 7.83. The summed E-state index contributed by atoms with van der Waals surface area (Å²) < 4.78 is 0. The second-order valence-corrected chi connectivity index (χ2v) is 13.5. The van der Waals surface area contributed by atoms with E-state index in [-0.39, 0.29) is 16.7 Å². The molecule has 0 radical (unpaired) electrons. The van der Waals surface area contributed by atoms with Crippen LogP contribution in [0.4, 0.5) is 0 Å². The SMILES string of the molecule is CC[C@]1(O)CC[C@@]2(C)[C@@H](CC(=O)[C@@H]3[C@@H]2CC[C@]2(C)[C@@H]([C@H](C)CCC(C)(C)O)CC[C@@H]32)C1. The molecule has 0 unspecified atom stereocenters. The van der Waals surface area contributed by atoms with Crippen LogP contribution in [0.2, 0.25) is 0 Å². The van der Waals surface area contributed by atoms with E-state index in [9.17, 15) is 15.0 Å². The molecule has 0 heterocycles. The molecule has 178 valence electrons. The Labute approximate surface area is 190 Å². The number of aliphatic hydroxyl groups is 2. The molecule has 31 heavy (non-hydrogen) atoms. The van der Waals surface area contributed by atoms with E-state index in [0.29, 0.717) is 41.8 Å². The van der Waals surface area contributed by atoms with E-state index in [4.69, 9.17) is 0 Å². The summed E-state index contributed by atoms with van der Waals surface area (Å²) in [6.45, 7) is 13.3. The lowest BCUT2D eigenvalue weighted by molar-refractivity contribution is -0.169. The van der Waals surface area contributed by atoms with E-state index in [0.717, 1.165) is 38.5 Å². The number of ketones is 1. The molecule has 0 amide bonds. The van der Waals surface area contributed by atoms with Gasteiger partial charge in [0.1, 0.15) is 5.78 Å². The molecule has 9 atom stereocenters. The number of Topliss-reactive ketones (excluding diaryl/α,β-unsaturated/α-hetero) is 1. The van der Waals surface area contributed by atoms with E-state index in [1.165, 1.54) is 25.7 Å². The lowest BCUT2D eigenvalue weighted by Crippen LogP contribution is -2.58.